The minimum Gasteiger partial charge on any atom is -0.508 e. The number of amidine groups is 1. The Labute approximate surface area is 212 Å². The van der Waals surface area contributed by atoms with Gasteiger partial charge < -0.3 is 14.7 Å². The van der Waals surface area contributed by atoms with Crippen LogP contribution in [0.2, 0.25) is 0 Å². The van der Waals surface area contributed by atoms with Crippen molar-refractivity contribution in [2.24, 2.45) is 4.99 Å². The molecule has 0 saturated carbocycles. The Kier molecular flexibility index (Phi) is 6.85. The number of nitriles is 1. The van der Waals surface area contributed by atoms with Crippen molar-refractivity contribution in [1.29, 1.82) is 5.26 Å². The Morgan fingerprint density at radius 2 is 1.66 bits per heavy atom. The minimum absolute atomic E-state index is 0.0454. The maximum absolute atomic E-state index is 13.7. The molecule has 3 rings (SSSR count). The van der Waals surface area contributed by atoms with E-state index in [1.807, 2.05) is 0 Å². The Hall–Kier alpha value is -3.23. The van der Waals surface area contributed by atoms with E-state index in [4.69, 9.17) is 29.2 Å². The van der Waals surface area contributed by atoms with Gasteiger partial charge in [0.25, 0.3) is 5.17 Å². The molecule has 2 aromatic rings. The lowest BCUT2D eigenvalue weighted by Gasteiger charge is -2.31. The summed E-state index contributed by atoms with van der Waals surface area (Å²) in [4.78, 5) is 7.56. The zero-order valence-electron chi connectivity index (χ0n) is 19.6. The van der Waals surface area contributed by atoms with E-state index in [2.05, 4.69) is 4.99 Å². The molecule has 0 atom stereocenters. The number of phenols is 1. The van der Waals surface area contributed by atoms with Gasteiger partial charge in [-0.1, -0.05) is 0 Å². The summed E-state index contributed by atoms with van der Waals surface area (Å²) >= 11 is 11.0. The number of aromatic hydroxyl groups is 1. The normalized spacial score (nSPS) is 17.0. The van der Waals surface area contributed by atoms with Crippen LogP contribution in [-0.4, -0.2) is 32.4 Å². The number of phenolic OH excluding ortho intramolecular Hbond substituents is 1. The number of hydrogen-bond acceptors (Lipinski definition) is 5. The number of benzene rings is 2. The van der Waals surface area contributed by atoms with E-state index < -0.39 is 28.4 Å². The minimum atomic E-state index is -4.75. The van der Waals surface area contributed by atoms with Gasteiger partial charge in [0, 0.05) is 5.69 Å². The van der Waals surface area contributed by atoms with E-state index in [1.54, 1.807) is 57.7 Å². The third kappa shape index (κ3) is 5.39. The Morgan fingerprint density at radius 3 is 2.17 bits per heavy atom. The maximum Gasteiger partial charge on any atom is 0.417 e. The van der Waals surface area contributed by atoms with Gasteiger partial charge in [0.15, 0.2) is 5.11 Å². The third-order valence-corrected chi connectivity index (χ3v) is 5.63. The van der Waals surface area contributed by atoms with Crippen molar-refractivity contribution in [3.05, 3.63) is 53.6 Å². The molecule has 0 unspecified atom stereocenters. The number of aliphatic imine (C=N–C) groups is 1. The lowest BCUT2D eigenvalue weighted by atomic mass is 10.0. The third-order valence-electron chi connectivity index (χ3n) is 5.09. The molecule has 1 aliphatic heterocycles. The first-order chi connectivity index (χ1) is 16.1. The predicted octanol–water partition coefficient (Wildman–Crippen LogP) is 6.17. The van der Waals surface area contributed by atoms with Gasteiger partial charge in [-0.2, -0.15) is 23.4 Å². The number of ether oxygens (including phenoxy) is 1. The molecule has 1 N–H and O–H groups in total. The summed E-state index contributed by atoms with van der Waals surface area (Å²) in [6.45, 7) is 8.96. The van der Waals surface area contributed by atoms with Crippen LogP contribution in [0.5, 0.6) is 5.75 Å². The van der Waals surface area contributed by atoms with E-state index in [0.29, 0.717) is 5.69 Å². The van der Waals surface area contributed by atoms with Crippen LogP contribution in [0, 0.1) is 11.3 Å². The van der Waals surface area contributed by atoms with Crippen LogP contribution in [-0.2, 0) is 10.9 Å². The molecular formula is C24H23F3N4O2S2. The van der Waals surface area contributed by atoms with Gasteiger partial charge >= 0.3 is 6.18 Å². The number of alkyl halides is 3. The fourth-order valence-corrected chi connectivity index (χ4v) is 4.49. The van der Waals surface area contributed by atoms with E-state index >= 15 is 0 Å². The first-order valence-corrected chi connectivity index (χ1v) is 11.2. The lowest BCUT2D eigenvalue weighted by molar-refractivity contribution is -0.137. The second-order valence-corrected chi connectivity index (χ2v) is 10.00. The van der Waals surface area contributed by atoms with E-state index in [1.165, 1.54) is 23.1 Å². The largest absolute Gasteiger partial charge is 0.508 e. The second kappa shape index (κ2) is 9.09. The summed E-state index contributed by atoms with van der Waals surface area (Å²) in [6.07, 6.45) is -4.75. The van der Waals surface area contributed by atoms with Crippen LogP contribution in [0.1, 0.15) is 45.7 Å². The summed E-state index contributed by atoms with van der Waals surface area (Å²) in [5.74, 6) is 0.284. The number of anilines is 2. The standard InChI is InChI=1S/C24H23F3N4O2S2/c1-22(2,3)33-20(34)29-19-23(4,5)31(15-8-10-17(32)11-9-15)21(35)30(19)16-7-6-14(13-28)18(12-16)24(25,26)27/h6-12,32H,1-5H3. The molecule has 6 nitrogen and oxygen atoms in total. The summed E-state index contributed by atoms with van der Waals surface area (Å²) in [6, 6.07) is 11.1. The molecule has 0 spiro atoms. The zero-order valence-corrected chi connectivity index (χ0v) is 21.3. The van der Waals surface area contributed by atoms with Crippen LogP contribution < -0.4 is 9.80 Å². The van der Waals surface area contributed by atoms with Crippen molar-refractivity contribution >= 4 is 51.9 Å². The van der Waals surface area contributed by atoms with Crippen molar-refractivity contribution < 1.29 is 23.0 Å². The molecule has 0 aromatic heterocycles. The highest BCUT2D eigenvalue weighted by Crippen LogP contribution is 2.40. The summed E-state index contributed by atoms with van der Waals surface area (Å²) in [7, 11) is 0. The summed E-state index contributed by atoms with van der Waals surface area (Å²) < 4.78 is 46.8. The number of halogens is 3. The highest BCUT2D eigenvalue weighted by atomic mass is 32.1. The SMILES string of the molecule is CC(C)(C)OC(=S)N=C1N(c2ccc(C#N)c(C(F)(F)F)c2)C(=S)N(c2ccc(O)cc2)C1(C)C. The molecule has 184 valence electrons. The van der Waals surface area contributed by atoms with Crippen molar-refractivity contribution in [2.45, 2.75) is 51.9 Å². The smallest absolute Gasteiger partial charge is 0.417 e. The second-order valence-electron chi connectivity index (χ2n) is 9.28. The first kappa shape index (κ1) is 26.4. The van der Waals surface area contributed by atoms with Crippen LogP contribution in [0.25, 0.3) is 0 Å². The average Bonchev–Trinajstić information content (AvgIpc) is 2.91. The maximum atomic E-state index is 13.7. The van der Waals surface area contributed by atoms with E-state index in [-0.39, 0.29) is 27.6 Å². The summed E-state index contributed by atoms with van der Waals surface area (Å²) in [5, 5.41) is 18.9. The zero-order chi connectivity index (χ0) is 26.3. The van der Waals surface area contributed by atoms with Gasteiger partial charge in [-0.15, -0.1) is 0 Å². The van der Waals surface area contributed by atoms with E-state index in [0.717, 1.165) is 12.1 Å². The van der Waals surface area contributed by atoms with Crippen molar-refractivity contribution in [3.8, 4) is 11.8 Å². The Morgan fingerprint density at radius 1 is 1.09 bits per heavy atom. The number of hydrogen-bond donors (Lipinski definition) is 1. The molecule has 0 bridgehead atoms. The number of nitrogens with zero attached hydrogens (tertiary/aromatic N) is 4. The van der Waals surface area contributed by atoms with Crippen LogP contribution >= 0.6 is 24.4 Å². The van der Waals surface area contributed by atoms with Crippen molar-refractivity contribution in [1.82, 2.24) is 0 Å². The van der Waals surface area contributed by atoms with E-state index in [9.17, 15) is 23.5 Å². The topological polar surface area (TPSA) is 72.1 Å². The Bertz CT molecular complexity index is 1240. The van der Waals surface area contributed by atoms with Crippen LogP contribution in [0.3, 0.4) is 0 Å². The van der Waals surface area contributed by atoms with Gasteiger partial charge in [0.05, 0.1) is 22.9 Å². The fourth-order valence-electron chi connectivity index (χ4n) is 3.63. The molecular weight excluding hydrogens is 497 g/mol. The van der Waals surface area contributed by atoms with Gasteiger partial charge in [-0.05, 0) is 102 Å². The highest BCUT2D eigenvalue weighted by Gasteiger charge is 2.49. The molecule has 1 heterocycles. The molecule has 35 heavy (non-hydrogen) atoms. The quantitative estimate of drug-likeness (QED) is 0.475. The summed E-state index contributed by atoms with van der Waals surface area (Å²) in [5.41, 5.74) is -2.58. The average molecular weight is 521 g/mol. The first-order valence-electron chi connectivity index (χ1n) is 10.4. The molecule has 0 radical (unpaired) electrons. The Balaban J connectivity index is 2.24. The predicted molar refractivity (Wildman–Crippen MR) is 137 cm³/mol. The van der Waals surface area contributed by atoms with Gasteiger partial charge in [-0.25, -0.2) is 0 Å². The van der Waals surface area contributed by atoms with Gasteiger partial charge in [0.2, 0.25) is 0 Å². The fraction of sp³-hybridized carbons (Fsp3) is 0.333. The molecule has 1 fully saturated rings. The van der Waals surface area contributed by atoms with Crippen LogP contribution in [0.4, 0.5) is 24.5 Å². The van der Waals surface area contributed by atoms with Gasteiger partial charge in [-0.3, -0.25) is 4.90 Å². The highest BCUT2D eigenvalue weighted by molar-refractivity contribution is 7.81. The molecule has 2 aromatic carbocycles. The van der Waals surface area contributed by atoms with Crippen molar-refractivity contribution in [3.63, 3.8) is 0 Å². The van der Waals surface area contributed by atoms with Crippen LogP contribution in [0.15, 0.2) is 47.5 Å². The molecule has 1 aliphatic rings. The molecule has 0 amide bonds. The number of rotatable bonds is 2. The molecule has 0 aliphatic carbocycles. The number of thiocarbonyl (C=S) groups is 2. The van der Waals surface area contributed by atoms with Gasteiger partial charge in [0.1, 0.15) is 22.7 Å². The molecule has 1 saturated heterocycles. The lowest BCUT2D eigenvalue weighted by Crippen LogP contribution is -2.45. The van der Waals surface area contributed by atoms with Crippen molar-refractivity contribution in [2.75, 3.05) is 9.80 Å². The molecule has 11 heteroatoms. The monoisotopic (exact) mass is 520 g/mol.